The van der Waals surface area contributed by atoms with E-state index in [-0.39, 0.29) is 11.8 Å². The highest BCUT2D eigenvalue weighted by Gasteiger charge is 2.32. The van der Waals surface area contributed by atoms with Crippen LogP contribution in [0, 0.1) is 11.8 Å². The van der Waals surface area contributed by atoms with Gasteiger partial charge in [-0.3, -0.25) is 4.79 Å². The molecule has 0 aromatic rings. The highest BCUT2D eigenvalue weighted by Crippen LogP contribution is 2.32. The van der Waals surface area contributed by atoms with Gasteiger partial charge in [0.2, 0.25) is 5.91 Å². The zero-order valence-electron chi connectivity index (χ0n) is 7.47. The third kappa shape index (κ3) is 1.61. The van der Waals surface area contributed by atoms with E-state index >= 15 is 0 Å². The summed E-state index contributed by atoms with van der Waals surface area (Å²) >= 11 is 0. The predicted octanol–water partition coefficient (Wildman–Crippen LogP) is 0.120. The molecule has 1 aliphatic carbocycles. The van der Waals surface area contributed by atoms with E-state index < -0.39 is 0 Å². The van der Waals surface area contributed by atoms with E-state index in [1.54, 1.807) is 0 Å². The number of hydrogen-bond acceptors (Lipinski definition) is 2. The van der Waals surface area contributed by atoms with Gasteiger partial charge in [-0.2, -0.15) is 0 Å². The molecule has 1 amide bonds. The SMILES string of the molecule is CC(NC(=O)C1CNC1)C1CC1. The zero-order chi connectivity index (χ0) is 8.55. The molecule has 1 aliphatic heterocycles. The molecule has 1 atom stereocenters. The lowest BCUT2D eigenvalue weighted by Crippen LogP contribution is -2.52. The summed E-state index contributed by atoms with van der Waals surface area (Å²) in [7, 11) is 0. The van der Waals surface area contributed by atoms with Crippen LogP contribution in [-0.2, 0) is 4.79 Å². The molecule has 68 valence electrons. The van der Waals surface area contributed by atoms with E-state index in [2.05, 4.69) is 17.6 Å². The van der Waals surface area contributed by atoms with Crippen molar-refractivity contribution in [1.82, 2.24) is 10.6 Å². The molecule has 2 rings (SSSR count). The second-order valence-electron chi connectivity index (χ2n) is 3.99. The van der Waals surface area contributed by atoms with Crippen molar-refractivity contribution in [3.8, 4) is 0 Å². The first kappa shape index (κ1) is 8.05. The molecule has 0 aromatic carbocycles. The van der Waals surface area contributed by atoms with Gasteiger partial charge in [-0.25, -0.2) is 0 Å². The van der Waals surface area contributed by atoms with E-state index in [4.69, 9.17) is 0 Å². The molecule has 2 fully saturated rings. The summed E-state index contributed by atoms with van der Waals surface area (Å²) < 4.78 is 0. The van der Waals surface area contributed by atoms with Crippen molar-refractivity contribution in [2.24, 2.45) is 11.8 Å². The minimum absolute atomic E-state index is 0.242. The van der Waals surface area contributed by atoms with Crippen LogP contribution in [-0.4, -0.2) is 25.0 Å². The number of carbonyl (C=O) groups excluding carboxylic acids is 1. The van der Waals surface area contributed by atoms with Crippen LogP contribution in [0.15, 0.2) is 0 Å². The zero-order valence-corrected chi connectivity index (χ0v) is 7.47. The lowest BCUT2D eigenvalue weighted by molar-refractivity contribution is -0.127. The number of nitrogens with one attached hydrogen (secondary N) is 2. The third-order valence-corrected chi connectivity index (χ3v) is 2.85. The monoisotopic (exact) mass is 168 g/mol. The smallest absolute Gasteiger partial charge is 0.225 e. The van der Waals surface area contributed by atoms with Crippen LogP contribution in [0.1, 0.15) is 19.8 Å². The fourth-order valence-corrected chi connectivity index (χ4v) is 1.53. The molecule has 12 heavy (non-hydrogen) atoms. The Bertz CT molecular complexity index is 185. The van der Waals surface area contributed by atoms with Crippen LogP contribution in [0.25, 0.3) is 0 Å². The predicted molar refractivity (Wildman–Crippen MR) is 46.7 cm³/mol. The van der Waals surface area contributed by atoms with Crippen LogP contribution >= 0.6 is 0 Å². The summed E-state index contributed by atoms with van der Waals surface area (Å²) in [6.45, 7) is 3.84. The van der Waals surface area contributed by atoms with Gasteiger partial charge >= 0.3 is 0 Å². The molecule has 2 aliphatic rings. The van der Waals surface area contributed by atoms with Gasteiger partial charge in [0, 0.05) is 19.1 Å². The van der Waals surface area contributed by atoms with E-state index in [1.165, 1.54) is 12.8 Å². The second-order valence-corrected chi connectivity index (χ2v) is 3.99. The van der Waals surface area contributed by atoms with E-state index in [1.807, 2.05) is 0 Å². The van der Waals surface area contributed by atoms with Crippen molar-refractivity contribution in [2.45, 2.75) is 25.8 Å². The maximum atomic E-state index is 11.4. The van der Waals surface area contributed by atoms with E-state index in [0.717, 1.165) is 19.0 Å². The van der Waals surface area contributed by atoms with Gasteiger partial charge < -0.3 is 10.6 Å². The Morgan fingerprint density at radius 1 is 1.50 bits per heavy atom. The Kier molecular flexibility index (Phi) is 2.05. The quantitative estimate of drug-likeness (QED) is 0.628. The molecule has 0 radical (unpaired) electrons. The van der Waals surface area contributed by atoms with E-state index in [9.17, 15) is 4.79 Å². The van der Waals surface area contributed by atoms with Gasteiger partial charge in [-0.15, -0.1) is 0 Å². The van der Waals surface area contributed by atoms with Crippen LogP contribution in [0.5, 0.6) is 0 Å². The van der Waals surface area contributed by atoms with Gasteiger partial charge in [-0.05, 0) is 25.7 Å². The number of rotatable bonds is 3. The molecule has 1 saturated carbocycles. The van der Waals surface area contributed by atoms with Crippen LogP contribution in [0.2, 0.25) is 0 Å². The molecule has 0 spiro atoms. The Morgan fingerprint density at radius 3 is 2.58 bits per heavy atom. The van der Waals surface area contributed by atoms with E-state index in [0.29, 0.717) is 6.04 Å². The lowest BCUT2D eigenvalue weighted by atomic mass is 10.0. The molecule has 2 N–H and O–H groups in total. The van der Waals surface area contributed by atoms with Crippen molar-refractivity contribution in [3.63, 3.8) is 0 Å². The minimum atomic E-state index is 0.242. The normalized spacial score (nSPS) is 26.1. The summed E-state index contributed by atoms with van der Waals surface area (Å²) in [5.74, 6) is 1.25. The Balaban J connectivity index is 1.73. The molecule has 3 heteroatoms. The summed E-state index contributed by atoms with van der Waals surface area (Å²) in [5.41, 5.74) is 0. The molecule has 1 saturated heterocycles. The van der Waals surface area contributed by atoms with Crippen molar-refractivity contribution >= 4 is 5.91 Å². The maximum Gasteiger partial charge on any atom is 0.225 e. The third-order valence-electron chi connectivity index (χ3n) is 2.85. The molecule has 0 bridgehead atoms. The van der Waals surface area contributed by atoms with Crippen LogP contribution in [0.3, 0.4) is 0 Å². The Morgan fingerprint density at radius 2 is 2.17 bits per heavy atom. The van der Waals surface area contributed by atoms with Gasteiger partial charge in [0.05, 0.1) is 5.92 Å². The summed E-state index contributed by atoms with van der Waals surface area (Å²) in [4.78, 5) is 11.4. The summed E-state index contributed by atoms with van der Waals surface area (Å²) in [5, 5.41) is 6.16. The highest BCUT2D eigenvalue weighted by atomic mass is 16.2. The van der Waals surface area contributed by atoms with Gasteiger partial charge in [0.25, 0.3) is 0 Å². The summed E-state index contributed by atoms with van der Waals surface area (Å²) in [6, 6.07) is 0.401. The largest absolute Gasteiger partial charge is 0.353 e. The lowest BCUT2D eigenvalue weighted by Gasteiger charge is -2.27. The van der Waals surface area contributed by atoms with Gasteiger partial charge in [-0.1, -0.05) is 0 Å². The van der Waals surface area contributed by atoms with Gasteiger partial charge in [0.1, 0.15) is 0 Å². The number of hydrogen-bond donors (Lipinski definition) is 2. The Hall–Kier alpha value is -0.570. The van der Waals surface area contributed by atoms with Crippen molar-refractivity contribution in [3.05, 3.63) is 0 Å². The average molecular weight is 168 g/mol. The molecular formula is C9H16N2O. The van der Waals surface area contributed by atoms with Crippen molar-refractivity contribution < 1.29 is 4.79 Å². The standard InChI is InChI=1S/C9H16N2O/c1-6(7-2-3-7)11-9(12)8-4-10-5-8/h6-8,10H,2-5H2,1H3,(H,11,12). The maximum absolute atomic E-state index is 11.4. The first-order valence-electron chi connectivity index (χ1n) is 4.78. The van der Waals surface area contributed by atoms with Gasteiger partial charge in [0.15, 0.2) is 0 Å². The fraction of sp³-hybridized carbons (Fsp3) is 0.889. The van der Waals surface area contributed by atoms with Crippen molar-refractivity contribution in [1.29, 1.82) is 0 Å². The number of amides is 1. The first-order chi connectivity index (χ1) is 5.77. The molecule has 1 heterocycles. The van der Waals surface area contributed by atoms with Crippen molar-refractivity contribution in [2.75, 3.05) is 13.1 Å². The highest BCUT2D eigenvalue weighted by molar-refractivity contribution is 5.80. The average Bonchev–Trinajstić information content (AvgIpc) is 2.61. The summed E-state index contributed by atoms with van der Waals surface area (Å²) in [6.07, 6.45) is 2.59. The Labute approximate surface area is 72.9 Å². The van der Waals surface area contributed by atoms with Crippen LogP contribution in [0.4, 0.5) is 0 Å². The second kappa shape index (κ2) is 3.05. The molecule has 3 nitrogen and oxygen atoms in total. The first-order valence-corrected chi connectivity index (χ1v) is 4.78. The molecule has 0 aromatic heterocycles. The molecule has 1 unspecified atom stereocenters. The molecular weight excluding hydrogens is 152 g/mol. The fourth-order valence-electron chi connectivity index (χ4n) is 1.53. The topological polar surface area (TPSA) is 41.1 Å². The van der Waals surface area contributed by atoms with Crippen LogP contribution < -0.4 is 10.6 Å². The number of carbonyl (C=O) groups is 1. The minimum Gasteiger partial charge on any atom is -0.353 e.